The first kappa shape index (κ1) is 25.8. The molecule has 208 valence electrons. The fourth-order valence-electron chi connectivity index (χ4n) is 6.54. The molecule has 2 fully saturated rings. The van der Waals surface area contributed by atoms with Crippen molar-refractivity contribution in [2.75, 3.05) is 4.90 Å². The lowest BCUT2D eigenvalue weighted by Gasteiger charge is -2.46. The molecule has 4 aliphatic rings. The molecule has 1 saturated heterocycles. The fraction of sp³-hybridized carbons (Fsp3) is 0.242. The molecule has 1 amide bonds. The SMILES string of the molecule is O=C(Oc1ccccc1)N1c2ccc(OCc3ccccc3[N+](=O)[O-])cc2[C@@]23O[C@]24CCC[C@]3(O)C#C/C=C\C#C[C@H]14. The van der Waals surface area contributed by atoms with Gasteiger partial charge in [-0.1, -0.05) is 54.0 Å². The van der Waals surface area contributed by atoms with Crippen LogP contribution in [0.3, 0.4) is 0 Å². The summed E-state index contributed by atoms with van der Waals surface area (Å²) < 4.78 is 18.5. The minimum absolute atomic E-state index is 0.0470. The van der Waals surface area contributed by atoms with Gasteiger partial charge in [0.15, 0.2) is 11.2 Å². The van der Waals surface area contributed by atoms with Gasteiger partial charge in [-0.15, -0.1) is 0 Å². The average molecular weight is 561 g/mol. The van der Waals surface area contributed by atoms with Crippen molar-refractivity contribution in [1.29, 1.82) is 0 Å². The summed E-state index contributed by atoms with van der Waals surface area (Å²) in [7, 11) is 0. The molecule has 0 radical (unpaired) electrons. The highest BCUT2D eigenvalue weighted by molar-refractivity contribution is 5.94. The summed E-state index contributed by atoms with van der Waals surface area (Å²) in [6.07, 6.45) is 4.03. The second-order valence-electron chi connectivity index (χ2n) is 10.6. The number of para-hydroxylation sites is 2. The van der Waals surface area contributed by atoms with Gasteiger partial charge in [0.1, 0.15) is 29.7 Å². The van der Waals surface area contributed by atoms with Crippen molar-refractivity contribution in [1.82, 2.24) is 0 Å². The van der Waals surface area contributed by atoms with Crippen LogP contribution in [-0.2, 0) is 16.9 Å². The summed E-state index contributed by atoms with van der Waals surface area (Å²) >= 11 is 0. The van der Waals surface area contributed by atoms with Crippen molar-refractivity contribution in [3.63, 3.8) is 0 Å². The van der Waals surface area contributed by atoms with E-state index in [1.54, 1.807) is 72.8 Å². The number of carbonyl (C=O) groups is 1. The maximum atomic E-state index is 13.9. The Bertz CT molecular complexity index is 1780. The van der Waals surface area contributed by atoms with Gasteiger partial charge in [0.25, 0.3) is 5.69 Å². The van der Waals surface area contributed by atoms with E-state index < -0.39 is 33.9 Å². The van der Waals surface area contributed by atoms with Crippen LogP contribution in [0.15, 0.2) is 84.9 Å². The quantitative estimate of drug-likeness (QED) is 0.202. The van der Waals surface area contributed by atoms with E-state index in [0.29, 0.717) is 47.6 Å². The Hall–Kier alpha value is -5.09. The lowest BCUT2D eigenvalue weighted by molar-refractivity contribution is -0.385. The topological polar surface area (TPSA) is 115 Å². The Morgan fingerprint density at radius 1 is 1.05 bits per heavy atom. The number of ether oxygens (including phenoxy) is 3. The number of carbonyl (C=O) groups excluding carboxylic acids is 1. The third-order valence-corrected chi connectivity index (χ3v) is 8.34. The van der Waals surface area contributed by atoms with Gasteiger partial charge < -0.3 is 19.3 Å². The molecule has 3 aromatic carbocycles. The summed E-state index contributed by atoms with van der Waals surface area (Å²) in [5.74, 6) is 12.9. The highest BCUT2D eigenvalue weighted by Gasteiger charge is 2.86. The fourth-order valence-corrected chi connectivity index (χ4v) is 6.54. The van der Waals surface area contributed by atoms with Gasteiger partial charge in [-0.2, -0.15) is 0 Å². The van der Waals surface area contributed by atoms with Crippen molar-refractivity contribution in [3.8, 4) is 35.2 Å². The van der Waals surface area contributed by atoms with E-state index >= 15 is 0 Å². The predicted molar refractivity (Wildman–Crippen MR) is 152 cm³/mol. The number of nitro groups is 1. The summed E-state index contributed by atoms with van der Waals surface area (Å²) in [4.78, 5) is 26.4. The first-order chi connectivity index (χ1) is 20.4. The van der Waals surface area contributed by atoms with Crippen LogP contribution in [0.2, 0.25) is 0 Å². The lowest BCUT2D eigenvalue weighted by Crippen LogP contribution is -2.62. The van der Waals surface area contributed by atoms with E-state index in [9.17, 15) is 20.0 Å². The maximum Gasteiger partial charge on any atom is 0.420 e. The number of anilines is 1. The highest BCUT2D eigenvalue weighted by Crippen LogP contribution is 2.73. The van der Waals surface area contributed by atoms with Crippen molar-refractivity contribution in [2.24, 2.45) is 0 Å². The van der Waals surface area contributed by atoms with Gasteiger partial charge in [-0.25, -0.2) is 4.79 Å². The number of aliphatic hydroxyl groups is 1. The molecule has 0 aromatic heterocycles. The third-order valence-electron chi connectivity index (χ3n) is 8.34. The summed E-state index contributed by atoms with van der Waals surface area (Å²) in [5.41, 5.74) is -2.53. The third kappa shape index (κ3) is 3.72. The smallest absolute Gasteiger partial charge is 0.420 e. The molecule has 2 heterocycles. The molecule has 7 rings (SSSR count). The Kier molecular flexibility index (Phi) is 5.84. The van der Waals surface area contributed by atoms with E-state index in [4.69, 9.17) is 14.2 Å². The minimum Gasteiger partial charge on any atom is -0.489 e. The lowest BCUT2D eigenvalue weighted by atomic mass is 9.61. The summed E-state index contributed by atoms with van der Waals surface area (Å²) in [6, 6.07) is 19.4. The van der Waals surface area contributed by atoms with Crippen LogP contribution in [-0.4, -0.2) is 33.4 Å². The zero-order valence-electron chi connectivity index (χ0n) is 22.3. The second-order valence-corrected chi connectivity index (χ2v) is 10.6. The molecule has 1 saturated carbocycles. The van der Waals surface area contributed by atoms with Crippen molar-refractivity contribution < 1.29 is 29.0 Å². The number of rotatable bonds is 5. The Labute approximate surface area is 241 Å². The zero-order chi connectivity index (χ0) is 29.0. The number of fused-ring (bicyclic) bond motifs is 1. The number of epoxide rings is 1. The second kappa shape index (κ2) is 9.49. The van der Waals surface area contributed by atoms with Gasteiger partial charge in [-0.05, 0) is 67.8 Å². The van der Waals surface area contributed by atoms with Gasteiger partial charge in [0.05, 0.1) is 16.2 Å². The first-order valence-corrected chi connectivity index (χ1v) is 13.6. The van der Waals surface area contributed by atoms with Crippen LogP contribution in [0.25, 0.3) is 0 Å². The number of hydrogen-bond donors (Lipinski definition) is 1. The number of hydrogen-bond acceptors (Lipinski definition) is 7. The Balaban J connectivity index is 1.35. The van der Waals surface area contributed by atoms with Crippen LogP contribution in [0, 0.1) is 33.8 Å². The molecule has 4 bridgehead atoms. The Morgan fingerprint density at radius 3 is 2.67 bits per heavy atom. The van der Waals surface area contributed by atoms with Crippen molar-refractivity contribution in [3.05, 3.63) is 106 Å². The standard InChI is InChI=1S/C33H24N2O7/c36-30(41-24-12-4-3-5-13-24)34-28-17-16-25(40-22-23-11-7-8-14-27(23)35(38)39)21-26(28)33-31(37)18-9-2-1-6-15-29(34)32(33,42-33)20-10-19-31/h1-5,7-8,11-14,16-17,21,29,37H,10,19-20,22H2/b2-1-/t29-,31+,32-,33-/m0/s1. The van der Waals surface area contributed by atoms with Gasteiger partial charge in [-0.3, -0.25) is 15.0 Å². The van der Waals surface area contributed by atoms with Gasteiger partial charge >= 0.3 is 6.09 Å². The van der Waals surface area contributed by atoms with E-state index in [0.717, 1.165) is 0 Å². The normalized spacial score (nSPS) is 28.3. The minimum atomic E-state index is -1.56. The molecule has 4 atom stereocenters. The van der Waals surface area contributed by atoms with Crippen LogP contribution >= 0.6 is 0 Å². The molecule has 9 nitrogen and oxygen atoms in total. The number of amides is 1. The van der Waals surface area contributed by atoms with Crippen LogP contribution in [0.1, 0.15) is 30.4 Å². The number of nitro benzene ring substituents is 1. The molecule has 2 aliphatic heterocycles. The molecular weight excluding hydrogens is 536 g/mol. The molecule has 9 heteroatoms. The van der Waals surface area contributed by atoms with Crippen molar-refractivity contribution >= 4 is 17.5 Å². The molecule has 0 spiro atoms. The number of allylic oxidation sites excluding steroid dienone is 2. The van der Waals surface area contributed by atoms with E-state index in [1.165, 1.54) is 11.0 Å². The molecule has 1 N–H and O–H groups in total. The van der Waals surface area contributed by atoms with Crippen LogP contribution in [0.4, 0.5) is 16.2 Å². The average Bonchev–Trinajstić information content (AvgIpc) is 3.72. The van der Waals surface area contributed by atoms with Gasteiger partial charge in [0.2, 0.25) is 0 Å². The molecule has 42 heavy (non-hydrogen) atoms. The predicted octanol–water partition coefficient (Wildman–Crippen LogP) is 5.02. The van der Waals surface area contributed by atoms with Crippen LogP contribution < -0.4 is 14.4 Å². The van der Waals surface area contributed by atoms with E-state index in [1.807, 2.05) is 6.07 Å². The number of benzene rings is 3. The van der Waals surface area contributed by atoms with E-state index in [2.05, 4.69) is 23.7 Å². The molecular formula is C33H24N2O7. The first-order valence-electron chi connectivity index (χ1n) is 13.6. The van der Waals surface area contributed by atoms with Crippen LogP contribution in [0.5, 0.6) is 11.5 Å². The maximum absolute atomic E-state index is 13.9. The van der Waals surface area contributed by atoms with Gasteiger partial charge in [0, 0.05) is 11.6 Å². The number of nitrogens with zero attached hydrogens (tertiary/aromatic N) is 2. The highest BCUT2D eigenvalue weighted by atomic mass is 16.7. The molecule has 2 aliphatic carbocycles. The summed E-state index contributed by atoms with van der Waals surface area (Å²) in [5, 5.41) is 23.6. The molecule has 0 unspecified atom stereocenters. The largest absolute Gasteiger partial charge is 0.489 e. The zero-order valence-corrected chi connectivity index (χ0v) is 22.3. The van der Waals surface area contributed by atoms with E-state index in [-0.39, 0.29) is 12.3 Å². The summed E-state index contributed by atoms with van der Waals surface area (Å²) in [6.45, 7) is -0.0579. The Morgan fingerprint density at radius 2 is 1.83 bits per heavy atom. The molecule has 3 aromatic rings. The van der Waals surface area contributed by atoms with Crippen molar-refractivity contribution in [2.45, 2.75) is 48.7 Å². The monoisotopic (exact) mass is 560 g/mol.